The van der Waals surface area contributed by atoms with Crippen molar-refractivity contribution in [3.63, 3.8) is 0 Å². The molecule has 0 bridgehead atoms. The highest BCUT2D eigenvalue weighted by atomic mass is 35.5. The highest BCUT2D eigenvalue weighted by Gasteiger charge is 2.18. The molecule has 0 unspecified atom stereocenters. The molecular weight excluding hydrogens is 276 g/mol. The largest absolute Gasteiger partial charge is 0.394 e. The fourth-order valence-corrected chi connectivity index (χ4v) is 2.22. The molecule has 0 aliphatic heterocycles. The van der Waals surface area contributed by atoms with Crippen molar-refractivity contribution in [2.24, 2.45) is 5.92 Å². The van der Waals surface area contributed by atoms with Gasteiger partial charge in [0.2, 0.25) is 0 Å². The molecule has 0 saturated carbocycles. The Hall–Kier alpha value is -1.65. The quantitative estimate of drug-likeness (QED) is 0.852. The molecule has 20 heavy (non-hydrogen) atoms. The van der Waals surface area contributed by atoms with Crippen LogP contribution in [0.15, 0.2) is 30.5 Å². The maximum absolute atomic E-state index is 12.3. The maximum atomic E-state index is 12.3. The van der Waals surface area contributed by atoms with E-state index >= 15 is 0 Å². The first-order valence-electron chi connectivity index (χ1n) is 6.49. The molecule has 2 rings (SSSR count). The van der Waals surface area contributed by atoms with Crippen LogP contribution in [0.2, 0.25) is 5.15 Å². The number of aliphatic hydroxyl groups is 1. The van der Waals surface area contributed by atoms with Crippen LogP contribution in [-0.4, -0.2) is 28.6 Å². The Kier molecular flexibility index (Phi) is 4.57. The topological polar surface area (TPSA) is 62.2 Å². The van der Waals surface area contributed by atoms with Crippen LogP contribution in [0.5, 0.6) is 0 Å². The Morgan fingerprint density at radius 3 is 2.60 bits per heavy atom. The third kappa shape index (κ3) is 2.92. The van der Waals surface area contributed by atoms with Gasteiger partial charge >= 0.3 is 0 Å². The molecule has 2 N–H and O–H groups in total. The van der Waals surface area contributed by atoms with Gasteiger partial charge in [0, 0.05) is 11.6 Å². The van der Waals surface area contributed by atoms with Crippen molar-refractivity contribution in [3.05, 3.63) is 41.2 Å². The molecule has 1 aromatic heterocycles. The third-order valence-corrected chi connectivity index (χ3v) is 3.61. The fraction of sp³-hybridized carbons (Fsp3) is 0.333. The normalized spacial score (nSPS) is 12.7. The lowest BCUT2D eigenvalue weighted by atomic mass is 10.0. The monoisotopic (exact) mass is 292 g/mol. The second-order valence-corrected chi connectivity index (χ2v) is 5.37. The summed E-state index contributed by atoms with van der Waals surface area (Å²) in [6.07, 6.45) is 1.47. The van der Waals surface area contributed by atoms with Gasteiger partial charge in [0.05, 0.1) is 18.2 Å². The van der Waals surface area contributed by atoms with Crippen molar-refractivity contribution in [1.82, 2.24) is 10.3 Å². The van der Waals surface area contributed by atoms with Gasteiger partial charge in [-0.25, -0.2) is 4.98 Å². The van der Waals surface area contributed by atoms with Gasteiger partial charge in [0.15, 0.2) is 0 Å². The van der Waals surface area contributed by atoms with Crippen molar-refractivity contribution >= 4 is 28.3 Å². The standard InChI is InChI=1S/C15H17ClN2O2/c1-9(2)13(8-19)18-15(20)12-7-17-14(16)11-6-4-3-5-10(11)12/h3-7,9,13,19H,8H2,1-2H3,(H,18,20)/t13-/m1/s1. The van der Waals surface area contributed by atoms with E-state index in [1.807, 2.05) is 38.1 Å². The number of fused-ring (bicyclic) bond motifs is 1. The average Bonchev–Trinajstić information content (AvgIpc) is 2.45. The number of halogens is 1. The lowest BCUT2D eigenvalue weighted by Gasteiger charge is -2.20. The highest BCUT2D eigenvalue weighted by molar-refractivity contribution is 6.34. The zero-order valence-corrected chi connectivity index (χ0v) is 12.2. The Morgan fingerprint density at radius 2 is 2.00 bits per heavy atom. The molecule has 1 atom stereocenters. The lowest BCUT2D eigenvalue weighted by Crippen LogP contribution is -2.41. The summed E-state index contributed by atoms with van der Waals surface area (Å²) in [5.41, 5.74) is 0.462. The Bertz CT molecular complexity index is 628. The summed E-state index contributed by atoms with van der Waals surface area (Å²) in [5.74, 6) is -0.103. The zero-order valence-electron chi connectivity index (χ0n) is 11.4. The first-order valence-corrected chi connectivity index (χ1v) is 6.87. The second kappa shape index (κ2) is 6.20. The number of benzene rings is 1. The predicted molar refractivity (Wildman–Crippen MR) is 79.9 cm³/mol. The van der Waals surface area contributed by atoms with Crippen LogP contribution >= 0.6 is 11.6 Å². The summed E-state index contributed by atoms with van der Waals surface area (Å²) in [6.45, 7) is 3.79. The first-order chi connectivity index (χ1) is 9.54. The number of rotatable bonds is 4. The molecule has 0 fully saturated rings. The van der Waals surface area contributed by atoms with E-state index in [-0.39, 0.29) is 24.5 Å². The van der Waals surface area contributed by atoms with E-state index < -0.39 is 0 Å². The minimum absolute atomic E-state index is 0.0949. The summed E-state index contributed by atoms with van der Waals surface area (Å²) < 4.78 is 0. The Labute approximate surface area is 122 Å². The summed E-state index contributed by atoms with van der Waals surface area (Å²) in [4.78, 5) is 16.4. The van der Waals surface area contributed by atoms with E-state index in [1.165, 1.54) is 6.20 Å². The Morgan fingerprint density at radius 1 is 1.35 bits per heavy atom. The molecule has 0 aliphatic rings. The molecule has 106 valence electrons. The van der Waals surface area contributed by atoms with Gasteiger partial charge in [-0.05, 0) is 11.3 Å². The van der Waals surface area contributed by atoms with Gasteiger partial charge < -0.3 is 10.4 Å². The van der Waals surface area contributed by atoms with Gasteiger partial charge in [0.1, 0.15) is 5.15 Å². The van der Waals surface area contributed by atoms with Crippen molar-refractivity contribution in [2.75, 3.05) is 6.61 Å². The SMILES string of the molecule is CC(C)[C@@H](CO)NC(=O)c1cnc(Cl)c2ccccc12. The first kappa shape index (κ1) is 14.8. The molecule has 4 nitrogen and oxygen atoms in total. The van der Waals surface area contributed by atoms with E-state index in [4.69, 9.17) is 11.6 Å². The number of aromatic nitrogens is 1. The number of carbonyl (C=O) groups excluding carboxylic acids is 1. The smallest absolute Gasteiger partial charge is 0.253 e. The van der Waals surface area contributed by atoms with E-state index in [2.05, 4.69) is 10.3 Å². The number of nitrogens with one attached hydrogen (secondary N) is 1. The molecule has 0 spiro atoms. The van der Waals surface area contributed by atoms with Crippen LogP contribution in [0.3, 0.4) is 0 Å². The van der Waals surface area contributed by atoms with Gasteiger partial charge in [0.25, 0.3) is 5.91 Å². The molecule has 1 aromatic carbocycles. The van der Waals surface area contributed by atoms with Crippen LogP contribution < -0.4 is 5.32 Å². The number of pyridine rings is 1. The Balaban J connectivity index is 2.38. The van der Waals surface area contributed by atoms with E-state index in [9.17, 15) is 9.90 Å². The second-order valence-electron chi connectivity index (χ2n) is 5.01. The molecule has 0 aliphatic carbocycles. The van der Waals surface area contributed by atoms with Crippen molar-refractivity contribution in [3.8, 4) is 0 Å². The predicted octanol–water partition coefficient (Wildman–Crippen LogP) is 2.63. The molecule has 1 heterocycles. The lowest BCUT2D eigenvalue weighted by molar-refractivity contribution is 0.0898. The fourth-order valence-electron chi connectivity index (χ4n) is 2.01. The number of amides is 1. The summed E-state index contributed by atoms with van der Waals surface area (Å²) in [7, 11) is 0. The van der Waals surface area contributed by atoms with Gasteiger partial charge in [-0.1, -0.05) is 49.7 Å². The molecule has 2 aromatic rings. The molecule has 1 amide bonds. The van der Waals surface area contributed by atoms with Crippen LogP contribution in [-0.2, 0) is 0 Å². The van der Waals surface area contributed by atoms with E-state index in [1.54, 1.807) is 0 Å². The third-order valence-electron chi connectivity index (χ3n) is 3.31. The van der Waals surface area contributed by atoms with Gasteiger partial charge in [-0.3, -0.25) is 4.79 Å². The molecule has 0 radical (unpaired) electrons. The summed E-state index contributed by atoms with van der Waals surface area (Å²) in [6, 6.07) is 7.08. The van der Waals surface area contributed by atoms with E-state index in [0.717, 1.165) is 10.8 Å². The van der Waals surface area contributed by atoms with Crippen LogP contribution in [0.1, 0.15) is 24.2 Å². The average molecular weight is 293 g/mol. The zero-order chi connectivity index (χ0) is 14.7. The number of aliphatic hydroxyl groups excluding tert-OH is 1. The number of hydrogen-bond acceptors (Lipinski definition) is 3. The van der Waals surface area contributed by atoms with E-state index in [0.29, 0.717) is 10.7 Å². The summed E-state index contributed by atoms with van der Waals surface area (Å²) in [5, 5.41) is 14.0. The minimum Gasteiger partial charge on any atom is -0.394 e. The van der Waals surface area contributed by atoms with Crippen LogP contribution in [0.25, 0.3) is 10.8 Å². The number of hydrogen-bond donors (Lipinski definition) is 2. The molecule has 5 heteroatoms. The van der Waals surface area contributed by atoms with Crippen molar-refractivity contribution in [1.29, 1.82) is 0 Å². The molecule has 0 saturated heterocycles. The molecular formula is C15H17ClN2O2. The maximum Gasteiger partial charge on any atom is 0.253 e. The number of carbonyl (C=O) groups is 1. The van der Waals surface area contributed by atoms with Crippen LogP contribution in [0, 0.1) is 5.92 Å². The number of nitrogens with zero attached hydrogens (tertiary/aromatic N) is 1. The van der Waals surface area contributed by atoms with Gasteiger partial charge in [-0.15, -0.1) is 0 Å². The van der Waals surface area contributed by atoms with Gasteiger partial charge in [-0.2, -0.15) is 0 Å². The highest BCUT2D eigenvalue weighted by Crippen LogP contribution is 2.24. The van der Waals surface area contributed by atoms with Crippen molar-refractivity contribution < 1.29 is 9.90 Å². The minimum atomic E-state index is -0.281. The van der Waals surface area contributed by atoms with Crippen LogP contribution in [0.4, 0.5) is 0 Å². The van der Waals surface area contributed by atoms with Crippen molar-refractivity contribution in [2.45, 2.75) is 19.9 Å². The summed E-state index contributed by atoms with van der Waals surface area (Å²) >= 11 is 6.03.